The lowest BCUT2D eigenvalue weighted by atomic mass is 9.90. The van der Waals surface area contributed by atoms with Crippen LogP contribution in [0.25, 0.3) is 0 Å². The topological polar surface area (TPSA) is 101 Å². The molecule has 1 aliphatic rings. The summed E-state index contributed by atoms with van der Waals surface area (Å²) in [6.07, 6.45) is -0.698. The minimum atomic E-state index is -6.31. The maximum atomic E-state index is 13.2. The van der Waals surface area contributed by atoms with E-state index in [1.165, 1.54) is 0 Å². The van der Waals surface area contributed by atoms with E-state index in [-0.39, 0.29) is 5.92 Å². The van der Waals surface area contributed by atoms with Crippen LogP contribution in [0.1, 0.15) is 39.5 Å². The molecule has 1 aliphatic carbocycles. The van der Waals surface area contributed by atoms with E-state index in [0.717, 1.165) is 0 Å². The molecule has 1 fully saturated rings. The summed E-state index contributed by atoms with van der Waals surface area (Å²) < 4.78 is 85.6. The molecule has 1 saturated carbocycles. The summed E-state index contributed by atoms with van der Waals surface area (Å²) in [6.45, 7) is 2.31. The molecule has 0 radical (unpaired) electrons. The second-order valence-corrected chi connectivity index (χ2v) is 7.34. The number of rotatable bonds is 9. The maximum absolute atomic E-state index is 13.2. The highest BCUT2D eigenvalue weighted by Gasteiger charge is 2.65. The summed E-state index contributed by atoms with van der Waals surface area (Å²) in [7, 11) is -6.31. The zero-order valence-corrected chi connectivity index (χ0v) is 14.0. The summed E-state index contributed by atoms with van der Waals surface area (Å²) in [6, 6.07) is 0. The average Bonchev–Trinajstić information content (AvgIpc) is 3.25. The zero-order valence-electron chi connectivity index (χ0n) is 13.1. The first-order chi connectivity index (χ1) is 10.7. The molecule has 0 spiro atoms. The summed E-state index contributed by atoms with van der Waals surface area (Å²) in [5.74, 6) is -7.10. The van der Waals surface area contributed by atoms with Gasteiger partial charge in [-0.15, -0.1) is 0 Å². The van der Waals surface area contributed by atoms with Crippen LogP contribution in [0.15, 0.2) is 0 Å². The Morgan fingerprint density at radius 1 is 1.21 bits per heavy atom. The number of ether oxygens (including phenoxy) is 1. The molecule has 2 N–H and O–H groups in total. The van der Waals surface area contributed by atoms with Crippen LogP contribution in [0.4, 0.5) is 17.6 Å². The Morgan fingerprint density at radius 2 is 1.71 bits per heavy atom. The van der Waals surface area contributed by atoms with Crippen molar-refractivity contribution in [2.24, 2.45) is 11.8 Å². The third-order valence-corrected chi connectivity index (χ3v) is 5.36. The first-order valence-electron chi connectivity index (χ1n) is 7.35. The minimum absolute atomic E-state index is 0.300. The normalized spacial score (nSPS) is 22.3. The van der Waals surface area contributed by atoms with Crippen LogP contribution in [0.3, 0.4) is 0 Å². The standard InChI is InChI=1S/C13H20F4O6S/c1-3-11(19,4-2)9-7-8(9)10(18)23-6-5-12(14,15)13(16,17)24(20,21)22/h8-9,19H,3-7H2,1-2H3,(H,20,21,22). The van der Waals surface area contributed by atoms with Crippen LogP contribution in [-0.2, 0) is 19.6 Å². The van der Waals surface area contributed by atoms with Crippen LogP contribution >= 0.6 is 0 Å². The van der Waals surface area contributed by atoms with Crippen molar-refractivity contribution in [2.75, 3.05) is 6.61 Å². The summed E-state index contributed by atoms with van der Waals surface area (Å²) in [5, 5.41) is 4.54. The molecule has 0 heterocycles. The number of halogens is 4. The minimum Gasteiger partial charge on any atom is -0.465 e. The van der Waals surface area contributed by atoms with Crippen molar-refractivity contribution in [3.63, 3.8) is 0 Å². The maximum Gasteiger partial charge on any atom is 0.431 e. The van der Waals surface area contributed by atoms with Crippen molar-refractivity contribution < 1.29 is 45.2 Å². The van der Waals surface area contributed by atoms with Crippen LogP contribution < -0.4 is 0 Å². The third-order valence-electron chi connectivity index (χ3n) is 4.42. The first-order valence-corrected chi connectivity index (χ1v) is 8.79. The monoisotopic (exact) mass is 380 g/mol. The first kappa shape index (κ1) is 21.1. The molecule has 0 aliphatic heterocycles. The fraction of sp³-hybridized carbons (Fsp3) is 0.923. The van der Waals surface area contributed by atoms with Crippen molar-refractivity contribution in [3.8, 4) is 0 Å². The molecule has 0 aromatic carbocycles. The van der Waals surface area contributed by atoms with E-state index in [0.29, 0.717) is 19.3 Å². The van der Waals surface area contributed by atoms with Gasteiger partial charge in [0, 0.05) is 5.92 Å². The molecule has 24 heavy (non-hydrogen) atoms. The highest BCUT2D eigenvalue weighted by atomic mass is 32.2. The van der Waals surface area contributed by atoms with E-state index >= 15 is 0 Å². The van der Waals surface area contributed by atoms with Gasteiger partial charge in [-0.2, -0.15) is 26.0 Å². The fourth-order valence-corrected chi connectivity index (χ4v) is 3.02. The number of aliphatic hydroxyl groups is 1. The van der Waals surface area contributed by atoms with Gasteiger partial charge in [0.1, 0.15) is 0 Å². The van der Waals surface area contributed by atoms with Gasteiger partial charge in [-0.3, -0.25) is 9.35 Å². The SMILES string of the molecule is CCC(O)(CC)C1CC1C(=O)OCCC(F)(F)C(F)(F)S(=O)(=O)O. The van der Waals surface area contributed by atoms with E-state index < -0.39 is 51.8 Å². The number of esters is 1. The van der Waals surface area contributed by atoms with E-state index in [1.807, 2.05) is 0 Å². The van der Waals surface area contributed by atoms with Gasteiger partial charge in [0.2, 0.25) is 0 Å². The molecule has 0 saturated heterocycles. The molecule has 0 aromatic rings. The molecule has 142 valence electrons. The quantitative estimate of drug-likeness (QED) is 0.361. The molecule has 2 atom stereocenters. The zero-order chi connectivity index (χ0) is 19.0. The van der Waals surface area contributed by atoms with Crippen molar-refractivity contribution in [1.82, 2.24) is 0 Å². The van der Waals surface area contributed by atoms with Crippen molar-refractivity contribution in [3.05, 3.63) is 0 Å². The average molecular weight is 380 g/mol. The lowest BCUT2D eigenvalue weighted by molar-refractivity contribution is -0.175. The number of carbonyl (C=O) groups is 1. The molecule has 2 unspecified atom stereocenters. The molecule has 0 bridgehead atoms. The van der Waals surface area contributed by atoms with Crippen molar-refractivity contribution in [1.29, 1.82) is 0 Å². The largest absolute Gasteiger partial charge is 0.465 e. The summed E-state index contributed by atoms with van der Waals surface area (Å²) in [5.41, 5.74) is -1.08. The van der Waals surface area contributed by atoms with E-state index in [9.17, 15) is 35.9 Å². The smallest absolute Gasteiger partial charge is 0.431 e. The van der Waals surface area contributed by atoms with Crippen molar-refractivity contribution in [2.45, 2.75) is 56.3 Å². The van der Waals surface area contributed by atoms with Gasteiger partial charge < -0.3 is 9.84 Å². The Labute approximate surface area is 136 Å². The fourth-order valence-electron chi connectivity index (χ4n) is 2.54. The molecule has 11 heteroatoms. The van der Waals surface area contributed by atoms with E-state index in [4.69, 9.17) is 4.55 Å². The van der Waals surface area contributed by atoms with Crippen LogP contribution in [0, 0.1) is 11.8 Å². The van der Waals surface area contributed by atoms with Crippen LogP contribution in [0.2, 0.25) is 0 Å². The third kappa shape index (κ3) is 3.99. The summed E-state index contributed by atoms with van der Waals surface area (Å²) >= 11 is 0. The van der Waals surface area contributed by atoms with E-state index in [1.54, 1.807) is 13.8 Å². The van der Waals surface area contributed by atoms with Gasteiger partial charge in [0.05, 0.1) is 24.5 Å². The highest BCUT2D eigenvalue weighted by molar-refractivity contribution is 7.87. The Kier molecular flexibility index (Phi) is 5.94. The van der Waals surface area contributed by atoms with Gasteiger partial charge in [-0.25, -0.2) is 0 Å². The lowest BCUT2D eigenvalue weighted by Gasteiger charge is -2.25. The van der Waals surface area contributed by atoms with Gasteiger partial charge >= 0.3 is 27.3 Å². The van der Waals surface area contributed by atoms with Gasteiger partial charge in [-0.1, -0.05) is 13.8 Å². The number of hydrogen-bond donors (Lipinski definition) is 2. The van der Waals surface area contributed by atoms with Gasteiger partial charge in [0.15, 0.2) is 0 Å². The van der Waals surface area contributed by atoms with Crippen LogP contribution in [-0.4, -0.2) is 47.4 Å². The Balaban J connectivity index is 2.56. The number of carbonyl (C=O) groups excluding carboxylic acids is 1. The summed E-state index contributed by atoms with van der Waals surface area (Å²) in [4.78, 5) is 11.7. The predicted octanol–water partition coefficient (Wildman–Crippen LogP) is 2.22. The number of hydrogen-bond acceptors (Lipinski definition) is 5. The molecule has 6 nitrogen and oxygen atoms in total. The van der Waals surface area contributed by atoms with Gasteiger partial charge in [-0.05, 0) is 19.3 Å². The lowest BCUT2D eigenvalue weighted by Crippen LogP contribution is -2.47. The molecule has 1 rings (SSSR count). The molecular formula is C13H20F4O6S. The molecule has 0 aromatic heterocycles. The Hall–Kier alpha value is -0.940. The van der Waals surface area contributed by atoms with Gasteiger partial charge in [0.25, 0.3) is 0 Å². The molecular weight excluding hydrogens is 360 g/mol. The second kappa shape index (κ2) is 6.75. The van der Waals surface area contributed by atoms with Crippen molar-refractivity contribution >= 4 is 16.1 Å². The second-order valence-electron chi connectivity index (χ2n) is 5.87. The Morgan fingerprint density at radius 3 is 2.12 bits per heavy atom. The number of alkyl halides is 4. The predicted molar refractivity (Wildman–Crippen MR) is 74.1 cm³/mol. The van der Waals surface area contributed by atoms with E-state index in [2.05, 4.69) is 4.74 Å². The Bertz CT molecular complexity index is 573. The highest BCUT2D eigenvalue weighted by Crippen LogP contribution is 2.50. The molecule has 0 amide bonds. The van der Waals surface area contributed by atoms with Crippen LogP contribution in [0.5, 0.6) is 0 Å².